The van der Waals surface area contributed by atoms with Crippen molar-refractivity contribution < 1.29 is 38.9 Å². The van der Waals surface area contributed by atoms with Crippen LogP contribution in [0, 0.1) is 0 Å². The minimum Gasteiger partial charge on any atom is -0.369 e. The lowest BCUT2D eigenvalue weighted by Crippen LogP contribution is -2.42. The van der Waals surface area contributed by atoms with E-state index in [-0.39, 0.29) is 25.0 Å². The molecule has 7 nitrogen and oxygen atoms in total. The Balaban J connectivity index is 1.99. The molecule has 0 amide bonds. The second-order valence-electron chi connectivity index (χ2n) is 4.23. The maximum atomic E-state index is 12.0. The smallest absolute Gasteiger partial charge is 0.369 e. The lowest BCUT2D eigenvalue weighted by molar-refractivity contribution is -0.0442. The van der Waals surface area contributed by atoms with Gasteiger partial charge < -0.3 is 4.74 Å². The molecule has 0 aromatic heterocycles. The molecule has 0 aromatic rings. The summed E-state index contributed by atoms with van der Waals surface area (Å²) in [6.07, 6.45) is 0.00938. The Kier molecular flexibility index (Phi) is 3.58. The number of sulfonamides is 1. The molecule has 2 rings (SSSR count). The molecule has 112 valence electrons. The van der Waals surface area contributed by atoms with E-state index in [2.05, 4.69) is 4.18 Å². The molecule has 19 heavy (non-hydrogen) atoms. The Morgan fingerprint density at radius 3 is 2.26 bits per heavy atom. The fourth-order valence-corrected chi connectivity index (χ4v) is 3.98. The van der Waals surface area contributed by atoms with Crippen molar-refractivity contribution in [1.82, 2.24) is 4.13 Å². The van der Waals surface area contributed by atoms with Crippen LogP contribution in [0.5, 0.6) is 0 Å². The number of halogens is 3. The molecule has 1 heterocycles. The second kappa shape index (κ2) is 4.55. The summed E-state index contributed by atoms with van der Waals surface area (Å²) in [6, 6.07) is 0. The van der Waals surface area contributed by atoms with E-state index in [1.54, 1.807) is 0 Å². The number of fused-ring (bicyclic) bond motifs is 1. The summed E-state index contributed by atoms with van der Waals surface area (Å²) < 4.78 is 89.8. The molecule has 1 saturated heterocycles. The first-order valence-electron chi connectivity index (χ1n) is 5.19. The van der Waals surface area contributed by atoms with Gasteiger partial charge in [-0.25, -0.2) is 8.42 Å². The van der Waals surface area contributed by atoms with Crippen molar-refractivity contribution in [3.8, 4) is 0 Å². The van der Waals surface area contributed by atoms with Gasteiger partial charge in [0.2, 0.25) is 0 Å². The number of hydrogen-bond acceptors (Lipinski definition) is 6. The van der Waals surface area contributed by atoms with Gasteiger partial charge in [0.1, 0.15) is 0 Å². The van der Waals surface area contributed by atoms with Gasteiger partial charge >= 0.3 is 25.8 Å². The van der Waals surface area contributed by atoms with Crippen molar-refractivity contribution in [1.29, 1.82) is 0 Å². The molecule has 2 aliphatic rings. The normalized spacial score (nSPS) is 31.8. The Morgan fingerprint density at radius 2 is 1.74 bits per heavy atom. The molecule has 0 radical (unpaired) electrons. The molecule has 1 aliphatic heterocycles. The summed E-state index contributed by atoms with van der Waals surface area (Å²) in [5, 5.41) is 0. The lowest BCUT2D eigenvalue weighted by Gasteiger charge is -2.19. The molecule has 3 atom stereocenters. The summed E-state index contributed by atoms with van der Waals surface area (Å²) in [5.74, 6) is 0. The average Bonchev–Trinajstić information content (AvgIpc) is 2.90. The van der Waals surface area contributed by atoms with E-state index in [0.717, 1.165) is 0 Å². The summed E-state index contributed by atoms with van der Waals surface area (Å²) in [6.45, 7) is 0. The van der Waals surface area contributed by atoms with Gasteiger partial charge in [-0.1, -0.05) is 4.13 Å². The zero-order chi connectivity index (χ0) is 14.5. The van der Waals surface area contributed by atoms with Crippen LogP contribution in [-0.2, 0) is 29.2 Å². The van der Waals surface area contributed by atoms with Crippen molar-refractivity contribution in [3.63, 3.8) is 0 Å². The fraction of sp³-hybridized carbons (Fsp3) is 1.00. The van der Waals surface area contributed by atoms with Crippen molar-refractivity contribution >= 4 is 20.3 Å². The largest absolute Gasteiger partial charge is 0.512 e. The molecule has 0 spiro atoms. The maximum Gasteiger partial charge on any atom is 0.512 e. The average molecular weight is 325 g/mol. The molecule has 12 heteroatoms. The number of rotatable bonds is 4. The number of hydrogen-bond donors (Lipinski definition) is 1. The van der Waals surface area contributed by atoms with Crippen LogP contribution in [0.15, 0.2) is 0 Å². The first-order valence-corrected chi connectivity index (χ1v) is 8.08. The van der Waals surface area contributed by atoms with Gasteiger partial charge in [0.05, 0.1) is 18.3 Å². The zero-order valence-electron chi connectivity index (χ0n) is 9.25. The van der Waals surface area contributed by atoms with Gasteiger partial charge in [0.15, 0.2) is 0 Å². The number of epoxide rings is 1. The molecule has 1 saturated carbocycles. The topological polar surface area (TPSA) is 102 Å². The number of nitrogens with one attached hydrogen (secondary N) is 1. The second-order valence-corrected chi connectivity index (χ2v) is 7.47. The van der Waals surface area contributed by atoms with Gasteiger partial charge in [-0.05, 0) is 12.8 Å². The third-order valence-corrected chi connectivity index (χ3v) is 5.56. The third-order valence-electron chi connectivity index (χ3n) is 2.74. The van der Waals surface area contributed by atoms with Crippen molar-refractivity contribution in [2.75, 3.05) is 0 Å². The molecule has 1 N–H and O–H groups in total. The molecule has 0 bridgehead atoms. The van der Waals surface area contributed by atoms with Gasteiger partial charge in [-0.3, -0.25) is 4.18 Å². The molecular formula is C7H10F3NO6S2. The van der Waals surface area contributed by atoms with Crippen LogP contribution in [0.25, 0.3) is 0 Å². The Labute approximate surface area is 107 Å². The molecule has 3 unspecified atom stereocenters. The summed E-state index contributed by atoms with van der Waals surface area (Å²) in [4.78, 5) is 0. The Hall–Kier alpha value is -0.430. The highest BCUT2D eigenvalue weighted by Crippen LogP contribution is 2.38. The van der Waals surface area contributed by atoms with Crippen LogP contribution < -0.4 is 4.13 Å². The van der Waals surface area contributed by atoms with E-state index in [9.17, 15) is 30.0 Å². The van der Waals surface area contributed by atoms with Crippen molar-refractivity contribution in [2.24, 2.45) is 0 Å². The van der Waals surface area contributed by atoms with Gasteiger partial charge in [-0.2, -0.15) is 21.6 Å². The molecule has 1 aliphatic carbocycles. The van der Waals surface area contributed by atoms with Crippen LogP contribution in [-0.4, -0.2) is 40.7 Å². The van der Waals surface area contributed by atoms with Gasteiger partial charge in [0, 0.05) is 6.42 Å². The van der Waals surface area contributed by atoms with E-state index in [0.29, 0.717) is 10.5 Å². The summed E-state index contributed by atoms with van der Waals surface area (Å²) in [7, 11) is -11.0. The van der Waals surface area contributed by atoms with Crippen molar-refractivity contribution in [2.45, 2.75) is 43.1 Å². The quantitative estimate of drug-likeness (QED) is 0.730. The van der Waals surface area contributed by atoms with Crippen LogP contribution in [0.3, 0.4) is 0 Å². The predicted molar refractivity (Wildman–Crippen MR) is 54.4 cm³/mol. The Bertz CT molecular complexity index is 556. The minimum atomic E-state index is -6.00. The van der Waals surface area contributed by atoms with Crippen LogP contribution >= 0.6 is 0 Å². The number of ether oxygens (including phenoxy) is 1. The van der Waals surface area contributed by atoms with E-state index in [1.165, 1.54) is 0 Å². The standard InChI is InChI=1S/C7H10F3NO6S2/c8-7(9,10)18(12,13)11-19(14,15)17-4-1-2-5-6(3-4)16-5/h4-6,11H,1-3H2. The fourth-order valence-electron chi connectivity index (χ4n) is 1.84. The van der Waals surface area contributed by atoms with E-state index in [4.69, 9.17) is 4.74 Å². The first kappa shape index (κ1) is 15.0. The highest BCUT2D eigenvalue weighted by atomic mass is 32.3. The third kappa shape index (κ3) is 3.56. The van der Waals surface area contributed by atoms with Crippen LogP contribution in [0.1, 0.15) is 19.3 Å². The van der Waals surface area contributed by atoms with E-state index < -0.39 is 31.9 Å². The lowest BCUT2D eigenvalue weighted by atomic mass is 9.98. The highest BCUT2D eigenvalue weighted by molar-refractivity contribution is 8.03. The van der Waals surface area contributed by atoms with Gasteiger partial charge in [-0.15, -0.1) is 0 Å². The number of alkyl halides is 3. The van der Waals surface area contributed by atoms with E-state index in [1.807, 2.05) is 0 Å². The highest BCUT2D eigenvalue weighted by Gasteiger charge is 2.50. The molecular weight excluding hydrogens is 315 g/mol. The summed E-state index contributed by atoms with van der Waals surface area (Å²) >= 11 is 0. The maximum absolute atomic E-state index is 12.0. The van der Waals surface area contributed by atoms with Gasteiger partial charge in [0.25, 0.3) is 0 Å². The van der Waals surface area contributed by atoms with Crippen molar-refractivity contribution in [3.05, 3.63) is 0 Å². The molecule has 2 fully saturated rings. The monoisotopic (exact) mass is 325 g/mol. The van der Waals surface area contributed by atoms with E-state index >= 15 is 0 Å². The van der Waals surface area contributed by atoms with Crippen LogP contribution in [0.4, 0.5) is 13.2 Å². The Morgan fingerprint density at radius 1 is 1.11 bits per heavy atom. The predicted octanol–water partition coefficient (Wildman–Crippen LogP) is 0.00690. The summed E-state index contributed by atoms with van der Waals surface area (Å²) in [5.41, 5.74) is -5.72. The SMILES string of the molecule is O=S(=O)(NS(=O)(=O)C(F)(F)F)OC1CCC2OC2C1. The zero-order valence-corrected chi connectivity index (χ0v) is 10.9. The van der Waals surface area contributed by atoms with Crippen LogP contribution in [0.2, 0.25) is 0 Å². The molecule has 0 aromatic carbocycles. The minimum absolute atomic E-state index is 0.0504. The first-order chi connectivity index (χ1) is 8.50.